The molecule has 1 saturated heterocycles. The summed E-state index contributed by atoms with van der Waals surface area (Å²) in [6.07, 6.45) is 3.07. The van der Waals surface area contributed by atoms with Crippen molar-refractivity contribution in [2.45, 2.75) is 19.4 Å². The zero-order valence-corrected chi connectivity index (χ0v) is 12.7. The monoisotopic (exact) mass is 287 g/mol. The summed E-state index contributed by atoms with van der Waals surface area (Å²) in [6.45, 7) is 6.46. The minimum absolute atomic E-state index is 0.300. The number of aryl methyl sites for hydroxylation is 1. The van der Waals surface area contributed by atoms with E-state index in [1.54, 1.807) is 11.3 Å². The molecular formula is C16H21N3S. The lowest BCUT2D eigenvalue weighted by Gasteiger charge is -2.34. The van der Waals surface area contributed by atoms with E-state index in [4.69, 9.17) is 4.98 Å². The second-order valence-corrected chi connectivity index (χ2v) is 5.97. The van der Waals surface area contributed by atoms with Crippen LogP contribution in [0.4, 0.5) is 0 Å². The molecule has 0 amide bonds. The van der Waals surface area contributed by atoms with E-state index in [1.807, 2.05) is 6.20 Å². The lowest BCUT2D eigenvalue weighted by atomic mass is 10.0. The summed E-state index contributed by atoms with van der Waals surface area (Å²) in [4.78, 5) is 7.26. The Balaban J connectivity index is 1.91. The van der Waals surface area contributed by atoms with Gasteiger partial charge in [-0.25, -0.2) is 0 Å². The Morgan fingerprint density at radius 2 is 2.15 bits per heavy atom. The summed E-state index contributed by atoms with van der Waals surface area (Å²) >= 11 is 1.76. The van der Waals surface area contributed by atoms with Crippen molar-refractivity contribution in [1.29, 1.82) is 0 Å². The first-order valence-corrected chi connectivity index (χ1v) is 8.24. The van der Waals surface area contributed by atoms with Gasteiger partial charge in [-0.1, -0.05) is 13.0 Å². The summed E-state index contributed by atoms with van der Waals surface area (Å²) in [7, 11) is 0. The van der Waals surface area contributed by atoms with Crippen LogP contribution in [-0.4, -0.2) is 36.1 Å². The molecule has 1 aliphatic rings. The lowest BCUT2D eigenvalue weighted by molar-refractivity contribution is 0.196. The minimum atomic E-state index is 0.300. The van der Waals surface area contributed by atoms with Gasteiger partial charge in [0.1, 0.15) is 0 Å². The number of aromatic nitrogens is 1. The van der Waals surface area contributed by atoms with Gasteiger partial charge in [0.2, 0.25) is 0 Å². The molecule has 3 rings (SSSR count). The number of hydrogen-bond donors (Lipinski definition) is 1. The Morgan fingerprint density at radius 3 is 2.75 bits per heavy atom. The van der Waals surface area contributed by atoms with E-state index in [0.717, 1.165) is 32.6 Å². The molecule has 0 aliphatic carbocycles. The van der Waals surface area contributed by atoms with E-state index >= 15 is 0 Å². The van der Waals surface area contributed by atoms with Gasteiger partial charge in [-0.3, -0.25) is 9.88 Å². The fraction of sp³-hybridized carbons (Fsp3) is 0.438. The molecule has 4 heteroatoms. The molecule has 1 N–H and O–H groups in total. The van der Waals surface area contributed by atoms with Crippen LogP contribution in [0.15, 0.2) is 35.2 Å². The molecule has 0 radical (unpaired) electrons. The molecule has 106 valence electrons. The molecule has 1 unspecified atom stereocenters. The smallest absolute Gasteiger partial charge is 0.0785 e. The van der Waals surface area contributed by atoms with E-state index < -0.39 is 0 Å². The Morgan fingerprint density at radius 1 is 1.30 bits per heavy atom. The maximum atomic E-state index is 4.72. The molecule has 20 heavy (non-hydrogen) atoms. The van der Waals surface area contributed by atoms with Gasteiger partial charge in [-0.15, -0.1) is 0 Å². The predicted molar refractivity (Wildman–Crippen MR) is 84.2 cm³/mol. The van der Waals surface area contributed by atoms with Crippen molar-refractivity contribution < 1.29 is 0 Å². The van der Waals surface area contributed by atoms with Gasteiger partial charge < -0.3 is 5.32 Å². The Kier molecular flexibility index (Phi) is 4.45. The van der Waals surface area contributed by atoms with E-state index in [-0.39, 0.29) is 0 Å². The zero-order valence-electron chi connectivity index (χ0n) is 11.9. The molecule has 0 bridgehead atoms. The molecule has 1 fully saturated rings. The van der Waals surface area contributed by atoms with Crippen molar-refractivity contribution in [2.24, 2.45) is 0 Å². The highest BCUT2D eigenvalue weighted by atomic mass is 32.1. The van der Waals surface area contributed by atoms with Crippen LogP contribution in [-0.2, 0) is 6.42 Å². The minimum Gasteiger partial charge on any atom is -0.314 e. The number of nitrogens with one attached hydrogen (secondary N) is 1. The Labute approximate surface area is 124 Å². The van der Waals surface area contributed by atoms with Crippen molar-refractivity contribution in [3.8, 4) is 0 Å². The van der Waals surface area contributed by atoms with Crippen molar-refractivity contribution >= 4 is 11.3 Å². The SMILES string of the molecule is CCc1ccc(C(c2ccsc2)N2CCNCC2)nc1. The fourth-order valence-electron chi connectivity index (χ4n) is 2.75. The highest BCUT2D eigenvalue weighted by Gasteiger charge is 2.25. The van der Waals surface area contributed by atoms with Crippen LogP contribution >= 0.6 is 11.3 Å². The Bertz CT molecular complexity index is 515. The van der Waals surface area contributed by atoms with Gasteiger partial charge in [-0.2, -0.15) is 11.3 Å². The molecule has 2 aromatic rings. The maximum Gasteiger partial charge on any atom is 0.0785 e. The molecular weight excluding hydrogens is 266 g/mol. The van der Waals surface area contributed by atoms with Crippen LogP contribution in [0.5, 0.6) is 0 Å². The highest BCUT2D eigenvalue weighted by Crippen LogP contribution is 2.29. The summed E-state index contributed by atoms with van der Waals surface area (Å²) in [5.74, 6) is 0. The molecule has 1 aliphatic heterocycles. The van der Waals surface area contributed by atoms with Gasteiger partial charge in [0.05, 0.1) is 11.7 Å². The summed E-state index contributed by atoms with van der Waals surface area (Å²) in [5, 5.41) is 7.83. The van der Waals surface area contributed by atoms with Crippen LogP contribution in [0.2, 0.25) is 0 Å². The van der Waals surface area contributed by atoms with Crippen molar-refractivity contribution in [1.82, 2.24) is 15.2 Å². The first-order valence-electron chi connectivity index (χ1n) is 7.30. The summed E-state index contributed by atoms with van der Waals surface area (Å²) < 4.78 is 0. The lowest BCUT2D eigenvalue weighted by Crippen LogP contribution is -2.45. The third-order valence-corrected chi connectivity index (χ3v) is 4.61. The molecule has 0 aromatic carbocycles. The average Bonchev–Trinajstić information content (AvgIpc) is 3.03. The second kappa shape index (κ2) is 6.48. The standard InChI is InChI=1S/C16H21N3S/c1-2-13-3-4-15(18-11-13)16(14-5-10-20-12-14)19-8-6-17-7-9-19/h3-5,10-12,16-17H,2,6-9H2,1H3. The maximum absolute atomic E-state index is 4.72. The van der Waals surface area contributed by atoms with E-state index in [1.165, 1.54) is 16.8 Å². The van der Waals surface area contributed by atoms with Gasteiger partial charge in [0.25, 0.3) is 0 Å². The molecule has 2 aromatic heterocycles. The van der Waals surface area contributed by atoms with Crippen LogP contribution in [0.25, 0.3) is 0 Å². The molecule has 1 atom stereocenters. The largest absolute Gasteiger partial charge is 0.314 e. The highest BCUT2D eigenvalue weighted by molar-refractivity contribution is 7.08. The van der Waals surface area contributed by atoms with Crippen molar-refractivity contribution in [3.63, 3.8) is 0 Å². The molecule has 0 saturated carbocycles. The number of rotatable bonds is 4. The molecule has 3 nitrogen and oxygen atoms in total. The second-order valence-electron chi connectivity index (χ2n) is 5.19. The number of thiophene rings is 1. The fourth-order valence-corrected chi connectivity index (χ4v) is 3.43. The number of hydrogen-bond acceptors (Lipinski definition) is 4. The Hall–Kier alpha value is -1.23. The zero-order chi connectivity index (χ0) is 13.8. The van der Waals surface area contributed by atoms with Crippen LogP contribution in [0.1, 0.15) is 29.8 Å². The van der Waals surface area contributed by atoms with Gasteiger partial charge in [0.15, 0.2) is 0 Å². The van der Waals surface area contributed by atoms with E-state index in [9.17, 15) is 0 Å². The van der Waals surface area contributed by atoms with Gasteiger partial charge in [-0.05, 0) is 40.4 Å². The normalized spacial score (nSPS) is 18.1. The van der Waals surface area contributed by atoms with E-state index in [2.05, 4.69) is 46.1 Å². The van der Waals surface area contributed by atoms with E-state index in [0.29, 0.717) is 6.04 Å². The first-order chi connectivity index (χ1) is 9.88. The average molecular weight is 287 g/mol. The number of nitrogens with zero attached hydrogens (tertiary/aromatic N) is 2. The first kappa shape index (κ1) is 13.7. The number of pyridine rings is 1. The third-order valence-electron chi connectivity index (χ3n) is 3.91. The topological polar surface area (TPSA) is 28.2 Å². The summed E-state index contributed by atoms with van der Waals surface area (Å²) in [5.41, 5.74) is 3.84. The molecule has 0 spiro atoms. The number of piperazine rings is 1. The quantitative estimate of drug-likeness (QED) is 0.937. The van der Waals surface area contributed by atoms with Crippen LogP contribution in [0.3, 0.4) is 0 Å². The summed E-state index contributed by atoms with van der Waals surface area (Å²) in [6, 6.07) is 6.94. The third kappa shape index (κ3) is 2.92. The predicted octanol–water partition coefficient (Wildman–Crippen LogP) is 2.70. The van der Waals surface area contributed by atoms with Crippen LogP contribution < -0.4 is 5.32 Å². The van der Waals surface area contributed by atoms with Gasteiger partial charge in [0, 0.05) is 32.4 Å². The van der Waals surface area contributed by atoms with Gasteiger partial charge >= 0.3 is 0 Å². The van der Waals surface area contributed by atoms with Crippen molar-refractivity contribution in [3.05, 3.63) is 52.0 Å². The van der Waals surface area contributed by atoms with Crippen LogP contribution in [0, 0.1) is 0 Å². The molecule has 3 heterocycles. The van der Waals surface area contributed by atoms with Crippen molar-refractivity contribution in [2.75, 3.05) is 26.2 Å².